The van der Waals surface area contributed by atoms with Crippen LogP contribution in [0.15, 0.2) is 85.3 Å². The number of hydrogen-bond donors (Lipinski definition) is 3. The molecule has 0 radical (unpaired) electrons. The first-order chi connectivity index (χ1) is 19.3. The van der Waals surface area contributed by atoms with Gasteiger partial charge < -0.3 is 15.2 Å². The van der Waals surface area contributed by atoms with E-state index < -0.39 is 0 Å². The van der Waals surface area contributed by atoms with E-state index in [1.165, 1.54) is 35.9 Å². The lowest BCUT2D eigenvalue weighted by atomic mass is 10.1. The number of aromatic nitrogens is 5. The Kier molecular flexibility index (Phi) is 6.26. The van der Waals surface area contributed by atoms with Gasteiger partial charge in [0.2, 0.25) is 0 Å². The highest BCUT2D eigenvalue weighted by atomic mass is 15.1. The van der Waals surface area contributed by atoms with Gasteiger partial charge in [0.1, 0.15) is 5.69 Å². The van der Waals surface area contributed by atoms with Crippen LogP contribution in [0.5, 0.6) is 0 Å². The molecule has 0 amide bonds. The Morgan fingerprint density at radius 2 is 1.64 bits per heavy atom. The molecular formula is C32H31N7. The largest absolute Gasteiger partial charge is 0.371 e. The lowest BCUT2D eigenvalue weighted by Crippen LogP contribution is -2.29. The van der Waals surface area contributed by atoms with Gasteiger partial charge in [0.25, 0.3) is 0 Å². The van der Waals surface area contributed by atoms with Gasteiger partial charge in [-0.2, -0.15) is 5.10 Å². The minimum Gasteiger partial charge on any atom is -0.371 e. The van der Waals surface area contributed by atoms with Gasteiger partial charge in [-0.1, -0.05) is 36.4 Å². The fourth-order valence-electron chi connectivity index (χ4n) is 5.63. The van der Waals surface area contributed by atoms with E-state index in [0.717, 1.165) is 70.8 Å². The molecule has 0 spiro atoms. The summed E-state index contributed by atoms with van der Waals surface area (Å²) in [5.74, 6) is 0. The summed E-state index contributed by atoms with van der Waals surface area (Å²) in [6.07, 6.45) is 9.49. The predicted molar refractivity (Wildman–Crippen MR) is 157 cm³/mol. The van der Waals surface area contributed by atoms with Gasteiger partial charge in [0, 0.05) is 66.1 Å². The molecule has 1 saturated heterocycles. The quantitative estimate of drug-likeness (QED) is 0.228. The van der Waals surface area contributed by atoms with Crippen molar-refractivity contribution in [3.8, 4) is 22.6 Å². The summed E-state index contributed by atoms with van der Waals surface area (Å²) in [5, 5.41) is 13.7. The molecule has 7 heteroatoms. The molecule has 5 heterocycles. The fourth-order valence-corrected chi connectivity index (χ4v) is 5.63. The second-order valence-corrected chi connectivity index (χ2v) is 10.3. The van der Waals surface area contributed by atoms with Gasteiger partial charge in [-0.3, -0.25) is 15.1 Å². The molecule has 0 bridgehead atoms. The van der Waals surface area contributed by atoms with Gasteiger partial charge in [0.05, 0.1) is 23.1 Å². The van der Waals surface area contributed by atoms with E-state index in [-0.39, 0.29) is 0 Å². The van der Waals surface area contributed by atoms with Crippen molar-refractivity contribution in [2.75, 3.05) is 18.0 Å². The third-order valence-electron chi connectivity index (χ3n) is 7.63. The second kappa shape index (κ2) is 10.3. The average Bonchev–Trinajstić information content (AvgIpc) is 3.62. The van der Waals surface area contributed by atoms with Crippen LogP contribution in [0.1, 0.15) is 30.4 Å². The first-order valence-corrected chi connectivity index (χ1v) is 13.7. The zero-order chi connectivity index (χ0) is 26.0. The Morgan fingerprint density at radius 1 is 0.769 bits per heavy atom. The fraction of sp³-hybridized carbons (Fsp3) is 0.219. The number of H-pyrrole nitrogens is 2. The average molecular weight is 514 g/mol. The highest BCUT2D eigenvalue weighted by Crippen LogP contribution is 2.35. The van der Waals surface area contributed by atoms with Gasteiger partial charge in [-0.25, -0.2) is 0 Å². The molecule has 4 aromatic heterocycles. The van der Waals surface area contributed by atoms with Gasteiger partial charge in [-0.05, 0) is 60.7 Å². The number of anilines is 1. The lowest BCUT2D eigenvalue weighted by molar-refractivity contribution is 0.579. The Balaban J connectivity index is 1.18. The molecule has 194 valence electrons. The van der Waals surface area contributed by atoms with Crippen molar-refractivity contribution in [2.24, 2.45) is 0 Å². The van der Waals surface area contributed by atoms with Crippen molar-refractivity contribution in [1.82, 2.24) is 30.5 Å². The van der Waals surface area contributed by atoms with E-state index >= 15 is 0 Å². The molecule has 0 saturated carbocycles. The first-order valence-electron chi connectivity index (χ1n) is 13.7. The number of nitrogens with one attached hydrogen (secondary N) is 3. The van der Waals surface area contributed by atoms with E-state index in [1.807, 2.05) is 24.7 Å². The zero-order valence-electron chi connectivity index (χ0n) is 21.8. The molecule has 1 aliphatic rings. The number of nitrogens with zero attached hydrogens (tertiary/aromatic N) is 4. The molecule has 2 aromatic carbocycles. The number of aromatic amines is 2. The summed E-state index contributed by atoms with van der Waals surface area (Å²) < 4.78 is 0. The topological polar surface area (TPSA) is 85.5 Å². The van der Waals surface area contributed by atoms with Crippen molar-refractivity contribution in [3.63, 3.8) is 0 Å². The number of piperidine rings is 1. The monoisotopic (exact) mass is 513 g/mol. The summed E-state index contributed by atoms with van der Waals surface area (Å²) in [5.41, 5.74) is 9.54. The van der Waals surface area contributed by atoms with Gasteiger partial charge >= 0.3 is 0 Å². The van der Waals surface area contributed by atoms with E-state index in [1.54, 1.807) is 0 Å². The zero-order valence-corrected chi connectivity index (χ0v) is 21.8. The minimum absolute atomic E-state index is 0.739. The Hall–Kier alpha value is -4.49. The lowest BCUT2D eigenvalue weighted by Gasteiger charge is -2.29. The van der Waals surface area contributed by atoms with Crippen LogP contribution in [0.2, 0.25) is 0 Å². The van der Waals surface area contributed by atoms with E-state index in [9.17, 15) is 0 Å². The molecule has 0 unspecified atom stereocenters. The van der Waals surface area contributed by atoms with E-state index in [0.29, 0.717) is 0 Å². The third kappa shape index (κ3) is 4.77. The maximum atomic E-state index is 4.72. The number of benzene rings is 2. The molecule has 7 rings (SSSR count). The Bertz CT molecular complexity index is 1730. The molecule has 0 atom stereocenters. The van der Waals surface area contributed by atoms with Crippen LogP contribution in [-0.2, 0) is 13.1 Å². The maximum absolute atomic E-state index is 4.72. The van der Waals surface area contributed by atoms with Crippen LogP contribution in [0, 0.1) is 0 Å². The van der Waals surface area contributed by atoms with Crippen LogP contribution < -0.4 is 10.2 Å². The summed E-state index contributed by atoms with van der Waals surface area (Å²) in [6.45, 7) is 3.80. The van der Waals surface area contributed by atoms with Crippen LogP contribution >= 0.6 is 0 Å². The van der Waals surface area contributed by atoms with E-state index in [2.05, 4.69) is 91.0 Å². The Labute approximate surface area is 227 Å². The van der Waals surface area contributed by atoms with Crippen molar-refractivity contribution >= 4 is 27.5 Å². The SMILES string of the molecule is c1ccc(CNCc2cncc(-c3cc4c(-c5cc6c(N7CCCCC7)cccc6[nH]5)n[nH]c4cn3)c2)cc1. The summed E-state index contributed by atoms with van der Waals surface area (Å²) in [4.78, 5) is 15.4. The van der Waals surface area contributed by atoms with Crippen molar-refractivity contribution < 1.29 is 0 Å². The predicted octanol–water partition coefficient (Wildman–Crippen LogP) is 6.45. The van der Waals surface area contributed by atoms with Crippen molar-refractivity contribution in [2.45, 2.75) is 32.4 Å². The van der Waals surface area contributed by atoms with Crippen molar-refractivity contribution in [1.29, 1.82) is 0 Å². The summed E-state index contributed by atoms with van der Waals surface area (Å²) in [7, 11) is 0. The highest BCUT2D eigenvalue weighted by Gasteiger charge is 2.18. The molecule has 1 fully saturated rings. The molecule has 39 heavy (non-hydrogen) atoms. The first kappa shape index (κ1) is 23.6. The minimum atomic E-state index is 0.739. The summed E-state index contributed by atoms with van der Waals surface area (Å²) in [6, 6.07) is 23.5. The van der Waals surface area contributed by atoms with E-state index in [4.69, 9.17) is 4.98 Å². The van der Waals surface area contributed by atoms with Crippen LogP contribution in [0.3, 0.4) is 0 Å². The molecular weight excluding hydrogens is 482 g/mol. The number of hydrogen-bond acceptors (Lipinski definition) is 5. The molecule has 6 aromatic rings. The number of pyridine rings is 2. The highest BCUT2D eigenvalue weighted by molar-refractivity contribution is 6.00. The second-order valence-electron chi connectivity index (χ2n) is 10.3. The molecule has 1 aliphatic heterocycles. The molecule has 3 N–H and O–H groups in total. The summed E-state index contributed by atoms with van der Waals surface area (Å²) >= 11 is 0. The standard InChI is InChI=1S/C32H31N7/c1-3-8-22(9-4-1)17-33-18-23-14-24(20-34-19-23)28-16-26-30(21-35-28)37-38-32(26)29-15-25-27(36-29)10-7-11-31(25)39-12-5-2-6-13-39/h1,3-4,7-11,14-16,19-21,33,36H,2,5-6,12-13,17-18H2,(H,37,38). The maximum Gasteiger partial charge on any atom is 0.116 e. The van der Waals surface area contributed by atoms with Crippen LogP contribution in [-0.4, -0.2) is 38.2 Å². The number of fused-ring (bicyclic) bond motifs is 2. The molecule has 7 nitrogen and oxygen atoms in total. The third-order valence-corrected chi connectivity index (χ3v) is 7.63. The van der Waals surface area contributed by atoms with Crippen LogP contribution in [0.25, 0.3) is 44.5 Å². The smallest absolute Gasteiger partial charge is 0.116 e. The van der Waals surface area contributed by atoms with Crippen LogP contribution in [0.4, 0.5) is 5.69 Å². The number of rotatable bonds is 7. The normalized spacial score (nSPS) is 13.9. The van der Waals surface area contributed by atoms with Gasteiger partial charge in [0.15, 0.2) is 0 Å². The van der Waals surface area contributed by atoms with Crippen molar-refractivity contribution in [3.05, 3.63) is 96.4 Å². The van der Waals surface area contributed by atoms with Gasteiger partial charge in [-0.15, -0.1) is 0 Å². The molecule has 0 aliphatic carbocycles. The Morgan fingerprint density at radius 3 is 2.54 bits per heavy atom.